The van der Waals surface area contributed by atoms with E-state index >= 15 is 0 Å². The van der Waals surface area contributed by atoms with Gasteiger partial charge in [-0.3, -0.25) is 0 Å². The Balaban J connectivity index is 0.000000213. The molecule has 14 heavy (non-hydrogen) atoms. The lowest BCUT2D eigenvalue weighted by atomic mass is 10.1. The molecular weight excluding hydrogens is 255 g/mol. The van der Waals surface area contributed by atoms with E-state index < -0.39 is 6.73 Å². The van der Waals surface area contributed by atoms with E-state index in [9.17, 15) is 0 Å². The highest BCUT2D eigenvalue weighted by molar-refractivity contribution is 7.54. The van der Waals surface area contributed by atoms with Gasteiger partial charge in [0, 0.05) is 0 Å². The first-order valence-corrected chi connectivity index (χ1v) is 9.30. The molecule has 0 spiro atoms. The molecule has 0 heterocycles. The average molecular weight is 264 g/mol. The molecule has 2 rings (SSSR count). The van der Waals surface area contributed by atoms with Gasteiger partial charge in [-0.15, -0.1) is 33.2 Å². The van der Waals surface area contributed by atoms with Gasteiger partial charge >= 0.3 is 6.73 Å². The van der Waals surface area contributed by atoms with Crippen LogP contribution in [0.2, 0.25) is 0 Å². The van der Waals surface area contributed by atoms with Crippen LogP contribution < -0.4 is 0 Å². The number of fused-ring (bicyclic) bond motifs is 1. The topological polar surface area (TPSA) is 0 Å². The minimum Gasteiger partial charge on any atom is -0.130 e. The van der Waals surface area contributed by atoms with Gasteiger partial charge < -0.3 is 0 Å². The molecule has 0 radical (unpaired) electrons. The maximum Gasteiger partial charge on any atom is 0.326 e. The maximum atomic E-state index is 4.94. The van der Waals surface area contributed by atoms with Gasteiger partial charge in [-0.1, -0.05) is 48.5 Å². The summed E-state index contributed by atoms with van der Waals surface area (Å²) in [4.78, 5) is 0. The summed E-state index contributed by atoms with van der Waals surface area (Å²) in [5.74, 6) is 0. The van der Waals surface area contributed by atoms with Crippen LogP contribution in [-0.4, -0.2) is 6.73 Å². The van der Waals surface area contributed by atoms with Crippen LogP contribution in [0.3, 0.4) is 0 Å². The van der Waals surface area contributed by atoms with Crippen molar-refractivity contribution >= 4 is 50.7 Å². The molecule has 0 aliphatic rings. The Morgan fingerprint density at radius 3 is 1.07 bits per heavy atom. The third-order valence-corrected chi connectivity index (χ3v) is 1.66. The van der Waals surface area contributed by atoms with Crippen molar-refractivity contribution in [3.05, 3.63) is 48.5 Å². The van der Waals surface area contributed by atoms with Crippen LogP contribution in [-0.2, 0) is 0 Å². The summed E-state index contributed by atoms with van der Waals surface area (Å²) in [6, 6.07) is 16.7. The van der Waals surface area contributed by atoms with Crippen LogP contribution in [0.4, 0.5) is 0 Å². The normalized spacial score (nSPS) is 9.71. The molecule has 0 aliphatic heterocycles. The predicted molar refractivity (Wildman–Crippen MR) is 68.7 cm³/mol. The van der Waals surface area contributed by atoms with E-state index in [2.05, 4.69) is 48.5 Å². The maximum absolute atomic E-state index is 4.94. The lowest BCUT2D eigenvalue weighted by Gasteiger charge is -1.92. The summed E-state index contributed by atoms with van der Waals surface area (Å²) in [5.41, 5.74) is 0. The summed E-state index contributed by atoms with van der Waals surface area (Å²) in [6.45, 7) is -1.72. The fourth-order valence-electron chi connectivity index (χ4n) is 1.13. The van der Waals surface area contributed by atoms with Gasteiger partial charge in [0.05, 0.1) is 0 Å². The molecule has 0 aromatic heterocycles. The highest BCUT2D eigenvalue weighted by Crippen LogP contribution is 2.11. The smallest absolute Gasteiger partial charge is 0.130 e. The second-order valence-corrected chi connectivity index (χ2v) is 9.03. The number of rotatable bonds is 0. The van der Waals surface area contributed by atoms with Gasteiger partial charge in [-0.05, 0) is 10.8 Å². The van der Waals surface area contributed by atoms with Crippen molar-refractivity contribution in [2.75, 3.05) is 0 Å². The first-order valence-electron chi connectivity index (χ1n) is 4.06. The van der Waals surface area contributed by atoms with Crippen molar-refractivity contribution in [2.24, 2.45) is 0 Å². The first-order chi connectivity index (χ1) is 6.70. The Labute approximate surface area is 99.1 Å². The summed E-state index contributed by atoms with van der Waals surface area (Å²) < 4.78 is 0. The number of halogens is 3. The second-order valence-electron chi connectivity index (χ2n) is 2.59. The molecule has 0 bridgehead atoms. The van der Waals surface area contributed by atoms with E-state index in [-0.39, 0.29) is 0 Å². The third-order valence-electron chi connectivity index (χ3n) is 1.66. The molecule has 0 fully saturated rings. The molecule has 0 N–H and O–H groups in total. The Kier molecular flexibility index (Phi) is 5.34. The van der Waals surface area contributed by atoms with Gasteiger partial charge in [0.1, 0.15) is 0 Å². The summed E-state index contributed by atoms with van der Waals surface area (Å²) >= 11 is 14.8. The van der Waals surface area contributed by atoms with Crippen molar-refractivity contribution < 1.29 is 0 Å². The van der Waals surface area contributed by atoms with Gasteiger partial charge in [0.25, 0.3) is 0 Å². The Hall–Kier alpha value is -0.213. The van der Waals surface area contributed by atoms with Crippen LogP contribution >= 0.6 is 33.2 Å². The fraction of sp³-hybridized carbons (Fsp3) is 0. The van der Waals surface area contributed by atoms with Crippen LogP contribution in [0, 0.1) is 0 Å². The van der Waals surface area contributed by atoms with E-state index in [1.807, 2.05) is 0 Å². The molecule has 0 aliphatic carbocycles. The summed E-state index contributed by atoms with van der Waals surface area (Å²) in [7, 11) is 0. The average Bonchev–Trinajstić information content (AvgIpc) is 2.17. The minimum atomic E-state index is -1.72. The van der Waals surface area contributed by atoms with Crippen LogP contribution in [0.5, 0.6) is 0 Å². The molecular formula is C10H9Cl3Si. The standard InChI is InChI=1S/C10H8.Cl3HSi/c1-2-6-10-8-4-3-7-9(10)5-1;1-4(2)3/h1-8H;4H. The van der Waals surface area contributed by atoms with E-state index in [4.69, 9.17) is 33.2 Å². The number of hydrogen-bond donors (Lipinski definition) is 0. The predicted octanol–water partition coefficient (Wildman–Crippen LogP) is 4.26. The molecule has 74 valence electrons. The summed E-state index contributed by atoms with van der Waals surface area (Å²) in [6.07, 6.45) is 0. The highest BCUT2D eigenvalue weighted by Gasteiger charge is 1.85. The zero-order valence-corrected chi connectivity index (χ0v) is 10.8. The fourth-order valence-corrected chi connectivity index (χ4v) is 1.13. The second kappa shape index (κ2) is 6.30. The first kappa shape index (κ1) is 11.9. The van der Waals surface area contributed by atoms with E-state index in [0.29, 0.717) is 0 Å². The molecule has 2 aromatic rings. The van der Waals surface area contributed by atoms with Gasteiger partial charge in [0.2, 0.25) is 0 Å². The van der Waals surface area contributed by atoms with E-state index in [1.54, 1.807) is 0 Å². The Morgan fingerprint density at radius 2 is 0.857 bits per heavy atom. The molecule has 0 saturated carbocycles. The van der Waals surface area contributed by atoms with Gasteiger partial charge in [-0.2, -0.15) is 0 Å². The molecule has 4 heteroatoms. The summed E-state index contributed by atoms with van der Waals surface area (Å²) in [5, 5.41) is 2.62. The van der Waals surface area contributed by atoms with Crippen LogP contribution in [0.1, 0.15) is 0 Å². The lowest BCUT2D eigenvalue weighted by molar-refractivity contribution is 1.75. The van der Waals surface area contributed by atoms with Gasteiger partial charge in [0.15, 0.2) is 0 Å². The molecule has 0 saturated heterocycles. The zero-order valence-electron chi connectivity index (χ0n) is 7.33. The quantitative estimate of drug-likeness (QED) is 0.492. The number of hydrogen-bond acceptors (Lipinski definition) is 0. The largest absolute Gasteiger partial charge is 0.326 e. The Bertz CT molecular complexity index is 322. The van der Waals surface area contributed by atoms with Crippen LogP contribution in [0.15, 0.2) is 48.5 Å². The van der Waals surface area contributed by atoms with Crippen molar-refractivity contribution in [3.63, 3.8) is 0 Å². The molecule has 0 amide bonds. The SMILES string of the molecule is Cl[SiH](Cl)Cl.c1ccc2ccccc2c1. The number of benzene rings is 2. The molecule has 0 atom stereocenters. The Morgan fingerprint density at radius 1 is 0.643 bits per heavy atom. The molecule has 2 aromatic carbocycles. The van der Waals surface area contributed by atoms with Crippen molar-refractivity contribution in [1.29, 1.82) is 0 Å². The highest BCUT2D eigenvalue weighted by atomic mass is 35.8. The van der Waals surface area contributed by atoms with E-state index in [1.165, 1.54) is 10.8 Å². The monoisotopic (exact) mass is 262 g/mol. The van der Waals surface area contributed by atoms with E-state index in [0.717, 1.165) is 0 Å². The van der Waals surface area contributed by atoms with Crippen LogP contribution in [0.25, 0.3) is 10.8 Å². The minimum absolute atomic E-state index is 1.31. The zero-order chi connectivity index (χ0) is 10.4. The van der Waals surface area contributed by atoms with Crippen molar-refractivity contribution in [3.8, 4) is 0 Å². The van der Waals surface area contributed by atoms with Crippen molar-refractivity contribution in [1.82, 2.24) is 0 Å². The third kappa shape index (κ3) is 4.34. The lowest BCUT2D eigenvalue weighted by Crippen LogP contribution is -1.67. The van der Waals surface area contributed by atoms with Crippen molar-refractivity contribution in [2.45, 2.75) is 0 Å². The molecule has 0 nitrogen and oxygen atoms in total. The molecule has 0 unspecified atom stereocenters. The van der Waals surface area contributed by atoms with Gasteiger partial charge in [-0.25, -0.2) is 0 Å².